The van der Waals surface area contributed by atoms with Crippen LogP contribution in [0.3, 0.4) is 0 Å². The first-order valence-electron chi connectivity index (χ1n) is 4.79. The van der Waals surface area contributed by atoms with E-state index in [0.29, 0.717) is 16.3 Å². The topological polar surface area (TPSA) is 9.23 Å². The fourth-order valence-corrected chi connectivity index (χ4v) is 1.46. The van der Waals surface area contributed by atoms with Crippen LogP contribution in [0.25, 0.3) is 0 Å². The van der Waals surface area contributed by atoms with E-state index < -0.39 is 0 Å². The first-order valence-corrected chi connectivity index (χ1v) is 5.17. The molecule has 16 heavy (non-hydrogen) atoms. The molecule has 0 aliphatic carbocycles. The van der Waals surface area contributed by atoms with Gasteiger partial charge < -0.3 is 4.74 Å². The fraction of sp³-hybridized carbons (Fsp3) is 0.0769. The van der Waals surface area contributed by atoms with Crippen molar-refractivity contribution in [2.75, 3.05) is 0 Å². The number of benzene rings is 2. The first-order chi connectivity index (χ1) is 7.77. The number of halogens is 2. The molecular weight excluding hydrogens is 227 g/mol. The van der Waals surface area contributed by atoms with Crippen LogP contribution in [0, 0.1) is 11.9 Å². The molecule has 3 heteroatoms. The maximum Gasteiger partial charge on any atom is 0.138 e. The molecule has 2 aromatic carbocycles. The van der Waals surface area contributed by atoms with Crippen LogP contribution in [0.5, 0.6) is 5.75 Å². The van der Waals surface area contributed by atoms with E-state index in [1.54, 1.807) is 36.4 Å². The second-order valence-corrected chi connectivity index (χ2v) is 3.64. The van der Waals surface area contributed by atoms with Crippen LogP contribution < -0.4 is 4.74 Å². The Hall–Kier alpha value is -1.54. The minimum absolute atomic E-state index is 0.163. The van der Waals surface area contributed by atoms with Gasteiger partial charge in [0.15, 0.2) is 0 Å². The van der Waals surface area contributed by atoms with E-state index in [1.165, 1.54) is 6.07 Å². The predicted molar refractivity (Wildman–Crippen MR) is 61.0 cm³/mol. The summed E-state index contributed by atoms with van der Waals surface area (Å²) in [5.41, 5.74) is 0.506. The van der Waals surface area contributed by atoms with Gasteiger partial charge in [-0.25, -0.2) is 4.39 Å². The zero-order valence-corrected chi connectivity index (χ0v) is 9.17. The van der Waals surface area contributed by atoms with E-state index in [2.05, 4.69) is 6.07 Å². The van der Waals surface area contributed by atoms with Gasteiger partial charge in [0.1, 0.15) is 18.2 Å². The third-order valence-electron chi connectivity index (χ3n) is 2.12. The van der Waals surface area contributed by atoms with E-state index >= 15 is 0 Å². The molecule has 0 bridgehead atoms. The Kier molecular flexibility index (Phi) is 3.42. The molecule has 0 saturated heterocycles. The van der Waals surface area contributed by atoms with Crippen LogP contribution in [0.1, 0.15) is 5.56 Å². The van der Waals surface area contributed by atoms with Gasteiger partial charge >= 0.3 is 0 Å². The Balaban J connectivity index is 2.09. The summed E-state index contributed by atoms with van der Waals surface area (Å²) in [5, 5.41) is 0.471. The third kappa shape index (κ3) is 2.52. The Morgan fingerprint density at radius 2 is 2.06 bits per heavy atom. The van der Waals surface area contributed by atoms with E-state index in [-0.39, 0.29) is 12.4 Å². The molecule has 0 fully saturated rings. The molecule has 1 nitrogen and oxygen atoms in total. The smallest absolute Gasteiger partial charge is 0.138 e. The zero-order chi connectivity index (χ0) is 11.4. The average molecular weight is 236 g/mol. The SMILES string of the molecule is Fc1ccccc1COc1cc[c]cc1Cl. The van der Waals surface area contributed by atoms with Crippen molar-refractivity contribution in [3.8, 4) is 5.75 Å². The standard InChI is InChI=1S/C13H9ClFO/c14-11-6-2-4-8-13(11)16-9-10-5-1-3-7-12(10)15/h1,3-8H,9H2. The van der Waals surface area contributed by atoms with Crippen LogP contribution in [-0.4, -0.2) is 0 Å². The average Bonchev–Trinajstić information content (AvgIpc) is 2.30. The van der Waals surface area contributed by atoms with Gasteiger partial charge in [0.25, 0.3) is 0 Å². The summed E-state index contributed by atoms with van der Waals surface area (Å²) in [7, 11) is 0. The summed E-state index contributed by atoms with van der Waals surface area (Å²) in [6, 6.07) is 14.3. The minimum Gasteiger partial charge on any atom is -0.487 e. The summed E-state index contributed by atoms with van der Waals surface area (Å²) >= 11 is 5.88. The largest absolute Gasteiger partial charge is 0.487 e. The lowest BCUT2D eigenvalue weighted by atomic mass is 10.2. The molecule has 81 valence electrons. The fourth-order valence-electron chi connectivity index (χ4n) is 1.28. The van der Waals surface area contributed by atoms with Gasteiger partial charge in [-0.1, -0.05) is 35.9 Å². The van der Waals surface area contributed by atoms with E-state index in [1.807, 2.05) is 0 Å². The van der Waals surface area contributed by atoms with Crippen molar-refractivity contribution < 1.29 is 9.13 Å². The molecular formula is C13H9ClFO. The molecule has 0 aromatic heterocycles. The van der Waals surface area contributed by atoms with Crippen LogP contribution in [-0.2, 0) is 6.61 Å². The zero-order valence-electron chi connectivity index (χ0n) is 8.41. The van der Waals surface area contributed by atoms with Crippen molar-refractivity contribution in [2.45, 2.75) is 6.61 Å². The molecule has 0 atom stereocenters. The van der Waals surface area contributed by atoms with Gasteiger partial charge in [0.2, 0.25) is 0 Å². The molecule has 0 aliphatic rings. The third-order valence-corrected chi connectivity index (χ3v) is 2.41. The molecule has 0 N–H and O–H groups in total. The highest BCUT2D eigenvalue weighted by Gasteiger charge is 2.03. The van der Waals surface area contributed by atoms with Crippen molar-refractivity contribution in [1.29, 1.82) is 0 Å². The molecule has 0 heterocycles. The van der Waals surface area contributed by atoms with Gasteiger partial charge in [-0.2, -0.15) is 0 Å². The highest BCUT2D eigenvalue weighted by atomic mass is 35.5. The van der Waals surface area contributed by atoms with Crippen LogP contribution >= 0.6 is 11.6 Å². The lowest BCUT2D eigenvalue weighted by molar-refractivity contribution is 0.300. The second-order valence-electron chi connectivity index (χ2n) is 3.24. The number of hydrogen-bond donors (Lipinski definition) is 0. The number of ether oxygens (including phenoxy) is 1. The van der Waals surface area contributed by atoms with Crippen LogP contribution in [0.15, 0.2) is 42.5 Å². The van der Waals surface area contributed by atoms with Crippen LogP contribution in [0.4, 0.5) is 4.39 Å². The molecule has 2 rings (SSSR count). The van der Waals surface area contributed by atoms with Crippen molar-refractivity contribution in [3.05, 3.63) is 64.9 Å². The molecule has 2 aromatic rings. The predicted octanol–water partition coefficient (Wildman–Crippen LogP) is 3.86. The highest BCUT2D eigenvalue weighted by molar-refractivity contribution is 6.32. The summed E-state index contributed by atoms with van der Waals surface area (Å²) in [6.45, 7) is 0.163. The second kappa shape index (κ2) is 4.99. The van der Waals surface area contributed by atoms with Gasteiger partial charge in [-0.3, -0.25) is 0 Å². The molecule has 1 radical (unpaired) electrons. The van der Waals surface area contributed by atoms with Crippen LogP contribution in [0.2, 0.25) is 5.02 Å². The molecule has 0 aliphatic heterocycles. The highest BCUT2D eigenvalue weighted by Crippen LogP contribution is 2.24. The van der Waals surface area contributed by atoms with E-state index in [0.717, 1.165) is 0 Å². The molecule has 0 unspecified atom stereocenters. The molecule has 0 amide bonds. The van der Waals surface area contributed by atoms with Gasteiger partial charge in [0.05, 0.1) is 5.02 Å². The lowest BCUT2D eigenvalue weighted by Crippen LogP contribution is -1.98. The molecule has 0 spiro atoms. The maximum atomic E-state index is 13.3. The first kappa shape index (κ1) is 11.0. The summed E-state index contributed by atoms with van der Waals surface area (Å²) < 4.78 is 18.7. The van der Waals surface area contributed by atoms with Gasteiger partial charge in [-0.05, 0) is 24.3 Å². The quantitative estimate of drug-likeness (QED) is 0.785. The Bertz CT molecular complexity index is 439. The van der Waals surface area contributed by atoms with E-state index in [9.17, 15) is 4.39 Å². The summed E-state index contributed by atoms with van der Waals surface area (Å²) in [5.74, 6) is 0.254. The number of rotatable bonds is 3. The Morgan fingerprint density at radius 3 is 2.81 bits per heavy atom. The Labute approximate surface area is 98.4 Å². The Morgan fingerprint density at radius 1 is 1.25 bits per heavy atom. The van der Waals surface area contributed by atoms with Crippen molar-refractivity contribution in [2.24, 2.45) is 0 Å². The maximum absolute atomic E-state index is 13.3. The summed E-state index contributed by atoms with van der Waals surface area (Å²) in [4.78, 5) is 0. The van der Waals surface area contributed by atoms with Crippen molar-refractivity contribution in [3.63, 3.8) is 0 Å². The van der Waals surface area contributed by atoms with Crippen molar-refractivity contribution in [1.82, 2.24) is 0 Å². The van der Waals surface area contributed by atoms with Gasteiger partial charge in [-0.15, -0.1) is 0 Å². The van der Waals surface area contributed by atoms with E-state index in [4.69, 9.17) is 16.3 Å². The minimum atomic E-state index is -0.277. The normalized spacial score (nSPS) is 10.1. The van der Waals surface area contributed by atoms with Gasteiger partial charge in [0, 0.05) is 5.56 Å². The van der Waals surface area contributed by atoms with Crippen molar-refractivity contribution >= 4 is 11.6 Å². The lowest BCUT2D eigenvalue weighted by Gasteiger charge is -2.08. The number of hydrogen-bond acceptors (Lipinski definition) is 1. The summed E-state index contributed by atoms with van der Waals surface area (Å²) in [6.07, 6.45) is 0. The molecule has 0 saturated carbocycles. The monoisotopic (exact) mass is 235 g/mol.